The number of nitrogens with one attached hydrogen (secondary N) is 1. The lowest BCUT2D eigenvalue weighted by Crippen LogP contribution is -2.50. The Hall–Kier alpha value is -3.07. The summed E-state index contributed by atoms with van der Waals surface area (Å²) in [5.74, 6) is -0.503. The van der Waals surface area contributed by atoms with E-state index in [4.69, 9.17) is 23.2 Å². The molecule has 0 fully saturated rings. The Morgan fingerprint density at radius 3 is 2.21 bits per heavy atom. The van der Waals surface area contributed by atoms with Crippen molar-refractivity contribution in [2.75, 3.05) is 23.7 Å². The molecule has 0 radical (unpaired) electrons. The highest BCUT2D eigenvalue weighted by Crippen LogP contribution is 2.23. The Labute approximate surface area is 240 Å². The van der Waals surface area contributed by atoms with E-state index in [0.717, 1.165) is 17.4 Å². The molecule has 3 aromatic rings. The van der Waals surface area contributed by atoms with E-state index in [-0.39, 0.29) is 37.7 Å². The van der Waals surface area contributed by atoms with Crippen molar-refractivity contribution < 1.29 is 18.0 Å². The van der Waals surface area contributed by atoms with Gasteiger partial charge >= 0.3 is 0 Å². The van der Waals surface area contributed by atoms with Crippen molar-refractivity contribution in [1.29, 1.82) is 0 Å². The molecule has 39 heavy (non-hydrogen) atoms. The van der Waals surface area contributed by atoms with Crippen molar-refractivity contribution in [2.45, 2.75) is 38.8 Å². The number of halogens is 2. The van der Waals surface area contributed by atoms with Crippen LogP contribution < -0.4 is 9.62 Å². The van der Waals surface area contributed by atoms with Gasteiger partial charge in [0, 0.05) is 42.5 Å². The molecule has 3 aromatic carbocycles. The zero-order chi connectivity index (χ0) is 28.4. The van der Waals surface area contributed by atoms with E-state index in [1.54, 1.807) is 41.3 Å². The van der Waals surface area contributed by atoms with Crippen molar-refractivity contribution in [3.8, 4) is 0 Å². The van der Waals surface area contributed by atoms with Crippen LogP contribution in [0.2, 0.25) is 10.0 Å². The predicted molar refractivity (Wildman–Crippen MR) is 157 cm³/mol. The molecule has 0 aromatic heterocycles. The lowest BCUT2D eigenvalue weighted by Gasteiger charge is -2.32. The molecule has 0 bridgehead atoms. The first kappa shape index (κ1) is 30.5. The van der Waals surface area contributed by atoms with E-state index < -0.39 is 16.1 Å². The highest BCUT2D eigenvalue weighted by Gasteiger charge is 2.30. The molecule has 3 rings (SSSR count). The largest absolute Gasteiger partial charge is 0.355 e. The van der Waals surface area contributed by atoms with Crippen LogP contribution in [-0.4, -0.2) is 50.5 Å². The summed E-state index contributed by atoms with van der Waals surface area (Å²) in [4.78, 5) is 28.5. The minimum absolute atomic E-state index is 0.0465. The zero-order valence-electron chi connectivity index (χ0n) is 22.0. The Balaban J connectivity index is 1.85. The number of likely N-dealkylation sites (N-methyl/N-ethyl adjacent to an activating group) is 1. The van der Waals surface area contributed by atoms with Gasteiger partial charge in [-0.15, -0.1) is 0 Å². The SMILES string of the molecule is CCNC(=O)[C@@H](Cc1ccccc1)N(Cc1ccc(Cl)cc1)C(=O)CCCN(c1cccc(Cl)c1)S(C)(=O)=O. The van der Waals surface area contributed by atoms with Crippen molar-refractivity contribution in [1.82, 2.24) is 10.2 Å². The summed E-state index contributed by atoms with van der Waals surface area (Å²) < 4.78 is 26.3. The number of rotatable bonds is 13. The maximum Gasteiger partial charge on any atom is 0.243 e. The summed E-state index contributed by atoms with van der Waals surface area (Å²) in [5.41, 5.74) is 2.18. The molecule has 0 heterocycles. The maximum atomic E-state index is 13.7. The first-order chi connectivity index (χ1) is 18.6. The fourth-order valence-corrected chi connectivity index (χ4v) is 5.54. The molecule has 10 heteroatoms. The van der Waals surface area contributed by atoms with Crippen LogP contribution in [0.15, 0.2) is 78.9 Å². The van der Waals surface area contributed by atoms with Crippen LogP contribution in [-0.2, 0) is 32.6 Å². The minimum atomic E-state index is -3.61. The number of hydrogen-bond acceptors (Lipinski definition) is 4. The van der Waals surface area contributed by atoms with E-state index in [1.807, 2.05) is 49.4 Å². The third kappa shape index (κ3) is 9.27. The Kier molecular flexibility index (Phi) is 11.2. The Bertz CT molecular complexity index is 1350. The molecule has 0 spiro atoms. The highest BCUT2D eigenvalue weighted by molar-refractivity contribution is 7.92. The fourth-order valence-electron chi connectivity index (χ4n) is 4.27. The quantitative estimate of drug-likeness (QED) is 0.292. The van der Waals surface area contributed by atoms with Gasteiger partial charge in [-0.05, 0) is 54.8 Å². The number of nitrogens with zero attached hydrogens (tertiary/aromatic N) is 2. The average molecular weight is 591 g/mol. The third-order valence-electron chi connectivity index (χ3n) is 6.14. The first-order valence-corrected chi connectivity index (χ1v) is 15.3. The first-order valence-electron chi connectivity index (χ1n) is 12.7. The molecular weight excluding hydrogens is 557 g/mol. The van der Waals surface area contributed by atoms with Gasteiger partial charge in [-0.2, -0.15) is 0 Å². The van der Waals surface area contributed by atoms with Crippen LogP contribution in [0, 0.1) is 0 Å². The second-order valence-electron chi connectivity index (χ2n) is 9.17. The number of carbonyl (C=O) groups is 2. The van der Waals surface area contributed by atoms with Crippen LogP contribution in [0.3, 0.4) is 0 Å². The molecule has 208 valence electrons. The standard InChI is InChI=1S/C29H33Cl2N3O4S/c1-3-32-29(36)27(19-22-9-5-4-6-10-22)33(21-23-14-16-24(30)17-15-23)28(35)13-8-18-34(39(2,37)38)26-12-7-11-25(31)20-26/h4-7,9-12,14-17,20,27H,3,8,13,18-19,21H2,1-2H3,(H,32,36)/t27-/m1/s1. The molecule has 0 aliphatic carbocycles. The molecule has 1 atom stereocenters. The third-order valence-corrected chi connectivity index (χ3v) is 7.82. The van der Waals surface area contributed by atoms with Crippen LogP contribution in [0.25, 0.3) is 0 Å². The number of benzene rings is 3. The number of carbonyl (C=O) groups excluding carboxylic acids is 2. The fraction of sp³-hybridized carbons (Fsp3) is 0.310. The summed E-state index contributed by atoms with van der Waals surface area (Å²) in [6, 6.07) is 22.5. The summed E-state index contributed by atoms with van der Waals surface area (Å²) in [5, 5.41) is 3.85. The van der Waals surface area contributed by atoms with Gasteiger partial charge in [0.2, 0.25) is 21.8 Å². The lowest BCUT2D eigenvalue weighted by atomic mass is 10.0. The smallest absolute Gasteiger partial charge is 0.243 e. The van der Waals surface area contributed by atoms with Crippen LogP contribution in [0.5, 0.6) is 0 Å². The zero-order valence-corrected chi connectivity index (χ0v) is 24.3. The van der Waals surface area contributed by atoms with Crippen LogP contribution >= 0.6 is 23.2 Å². The van der Waals surface area contributed by atoms with Crippen molar-refractivity contribution in [3.05, 3.63) is 100 Å². The molecule has 2 amide bonds. The molecule has 0 aliphatic heterocycles. The molecule has 0 saturated heterocycles. The Morgan fingerprint density at radius 1 is 0.897 bits per heavy atom. The number of sulfonamides is 1. The second-order valence-corrected chi connectivity index (χ2v) is 11.9. The van der Waals surface area contributed by atoms with Gasteiger partial charge in [-0.25, -0.2) is 8.42 Å². The van der Waals surface area contributed by atoms with E-state index in [2.05, 4.69) is 5.32 Å². The normalized spacial score (nSPS) is 12.0. The maximum absolute atomic E-state index is 13.7. The van der Waals surface area contributed by atoms with Crippen LogP contribution in [0.4, 0.5) is 5.69 Å². The molecule has 0 saturated carbocycles. The lowest BCUT2D eigenvalue weighted by molar-refractivity contribution is -0.141. The topological polar surface area (TPSA) is 86.8 Å². The van der Waals surface area contributed by atoms with Crippen molar-refractivity contribution in [2.24, 2.45) is 0 Å². The van der Waals surface area contributed by atoms with Gasteiger partial charge < -0.3 is 10.2 Å². The monoisotopic (exact) mass is 589 g/mol. The van der Waals surface area contributed by atoms with Gasteiger partial charge in [0.15, 0.2) is 0 Å². The molecule has 1 N–H and O–H groups in total. The van der Waals surface area contributed by atoms with Gasteiger partial charge in [0.05, 0.1) is 11.9 Å². The molecule has 0 unspecified atom stereocenters. The summed E-state index contributed by atoms with van der Waals surface area (Å²) in [6.07, 6.45) is 1.76. The Morgan fingerprint density at radius 2 is 1.59 bits per heavy atom. The van der Waals surface area contributed by atoms with Gasteiger partial charge in [0.1, 0.15) is 6.04 Å². The summed E-state index contributed by atoms with van der Waals surface area (Å²) in [6.45, 7) is 2.55. The van der Waals surface area contributed by atoms with Gasteiger partial charge in [0.25, 0.3) is 0 Å². The van der Waals surface area contributed by atoms with Crippen molar-refractivity contribution >= 4 is 50.7 Å². The van der Waals surface area contributed by atoms with Crippen LogP contribution in [0.1, 0.15) is 30.9 Å². The van der Waals surface area contributed by atoms with E-state index in [0.29, 0.717) is 28.7 Å². The van der Waals surface area contributed by atoms with Crippen molar-refractivity contribution in [3.63, 3.8) is 0 Å². The number of anilines is 1. The number of amides is 2. The minimum Gasteiger partial charge on any atom is -0.355 e. The van der Waals surface area contributed by atoms with E-state index in [1.165, 1.54) is 4.31 Å². The van der Waals surface area contributed by atoms with E-state index in [9.17, 15) is 18.0 Å². The molecular formula is C29H33Cl2N3O4S. The summed E-state index contributed by atoms with van der Waals surface area (Å²) in [7, 11) is -3.61. The second kappa shape index (κ2) is 14.4. The van der Waals surface area contributed by atoms with Gasteiger partial charge in [-0.3, -0.25) is 13.9 Å². The predicted octanol–water partition coefficient (Wildman–Crippen LogP) is 5.32. The number of hydrogen-bond donors (Lipinski definition) is 1. The summed E-state index contributed by atoms with van der Waals surface area (Å²) >= 11 is 12.1. The van der Waals surface area contributed by atoms with E-state index >= 15 is 0 Å². The highest BCUT2D eigenvalue weighted by atomic mass is 35.5. The average Bonchev–Trinajstić information content (AvgIpc) is 2.89. The van der Waals surface area contributed by atoms with Gasteiger partial charge in [-0.1, -0.05) is 71.7 Å². The molecule has 0 aliphatic rings. The molecule has 7 nitrogen and oxygen atoms in total.